The average Bonchev–Trinajstić information content (AvgIpc) is 2.62. The number of nitrogens with zero attached hydrogens (tertiary/aromatic N) is 2. The highest BCUT2D eigenvalue weighted by molar-refractivity contribution is 7.18. The highest BCUT2D eigenvalue weighted by Crippen LogP contribution is 2.33. The molecule has 1 N–H and O–H groups in total. The minimum Gasteiger partial charge on any atom is -0.370 e. The number of rotatable bonds is 4. The zero-order chi connectivity index (χ0) is 14.9. The first kappa shape index (κ1) is 15.2. The summed E-state index contributed by atoms with van der Waals surface area (Å²) in [6.45, 7) is 13.7. The molecule has 0 fully saturated rings. The largest absolute Gasteiger partial charge is 0.370 e. The summed E-state index contributed by atoms with van der Waals surface area (Å²) in [7, 11) is 0. The molecule has 2 heterocycles. The molecule has 2 aromatic rings. The standard InChI is InChI=1S/C15H23N3OS/c1-7-16-13-12-9(2)10(3)20-14(12)18-11(17-13)8-19-15(4,5)6/h7-8H2,1-6H3,(H,16,17,18). The quantitative estimate of drug-likeness (QED) is 0.923. The maximum Gasteiger partial charge on any atom is 0.158 e. The number of aromatic nitrogens is 2. The number of hydrogen-bond acceptors (Lipinski definition) is 5. The number of thiophene rings is 1. The van der Waals surface area contributed by atoms with Crippen molar-refractivity contribution >= 4 is 27.4 Å². The number of hydrogen-bond donors (Lipinski definition) is 1. The van der Waals surface area contributed by atoms with Crippen LogP contribution in [0.2, 0.25) is 0 Å². The maximum atomic E-state index is 5.79. The Bertz CT molecular complexity index is 614. The van der Waals surface area contributed by atoms with E-state index in [1.165, 1.54) is 10.4 Å². The van der Waals surface area contributed by atoms with Gasteiger partial charge in [0.05, 0.1) is 11.0 Å². The fourth-order valence-electron chi connectivity index (χ4n) is 1.93. The van der Waals surface area contributed by atoms with E-state index in [9.17, 15) is 0 Å². The van der Waals surface area contributed by atoms with Crippen LogP contribution in [-0.2, 0) is 11.3 Å². The Balaban J connectivity index is 2.43. The summed E-state index contributed by atoms with van der Waals surface area (Å²) in [5, 5.41) is 4.49. The third kappa shape index (κ3) is 3.27. The van der Waals surface area contributed by atoms with Crippen LogP contribution in [0.5, 0.6) is 0 Å². The van der Waals surface area contributed by atoms with E-state index in [-0.39, 0.29) is 5.60 Å². The number of aryl methyl sites for hydroxylation is 2. The van der Waals surface area contributed by atoms with Gasteiger partial charge in [-0.3, -0.25) is 0 Å². The Hall–Kier alpha value is -1.20. The molecular weight excluding hydrogens is 270 g/mol. The summed E-state index contributed by atoms with van der Waals surface area (Å²) in [5.41, 5.74) is 1.09. The van der Waals surface area contributed by atoms with E-state index >= 15 is 0 Å². The third-order valence-electron chi connectivity index (χ3n) is 3.05. The molecule has 0 aliphatic heterocycles. The highest BCUT2D eigenvalue weighted by atomic mass is 32.1. The molecule has 0 aliphatic rings. The van der Waals surface area contributed by atoms with Crippen LogP contribution in [0.1, 0.15) is 44.0 Å². The first-order valence-electron chi connectivity index (χ1n) is 6.96. The molecule has 0 radical (unpaired) electrons. The second kappa shape index (κ2) is 5.66. The van der Waals surface area contributed by atoms with E-state index in [1.807, 2.05) is 20.8 Å². The van der Waals surface area contributed by atoms with E-state index in [0.717, 1.165) is 28.4 Å². The molecule has 0 aliphatic carbocycles. The molecule has 0 amide bonds. The van der Waals surface area contributed by atoms with Crippen molar-refractivity contribution < 1.29 is 4.74 Å². The van der Waals surface area contributed by atoms with Gasteiger partial charge in [0.2, 0.25) is 0 Å². The third-order valence-corrected chi connectivity index (χ3v) is 4.15. The van der Waals surface area contributed by atoms with Gasteiger partial charge < -0.3 is 10.1 Å². The van der Waals surface area contributed by atoms with Gasteiger partial charge in [0.15, 0.2) is 5.82 Å². The lowest BCUT2D eigenvalue weighted by atomic mass is 10.2. The van der Waals surface area contributed by atoms with Crippen molar-refractivity contribution in [3.05, 3.63) is 16.3 Å². The Morgan fingerprint density at radius 2 is 1.90 bits per heavy atom. The summed E-state index contributed by atoms with van der Waals surface area (Å²) in [4.78, 5) is 11.6. The lowest BCUT2D eigenvalue weighted by Gasteiger charge is -2.19. The predicted octanol–water partition coefficient (Wildman–Crippen LogP) is 4.06. The molecule has 2 rings (SSSR count). The monoisotopic (exact) mass is 293 g/mol. The molecule has 0 saturated heterocycles. The summed E-state index contributed by atoms with van der Waals surface area (Å²) < 4.78 is 5.79. The van der Waals surface area contributed by atoms with E-state index in [1.54, 1.807) is 11.3 Å². The van der Waals surface area contributed by atoms with E-state index in [2.05, 4.69) is 36.1 Å². The molecule has 2 aromatic heterocycles. The van der Waals surface area contributed by atoms with Crippen LogP contribution >= 0.6 is 11.3 Å². The van der Waals surface area contributed by atoms with E-state index in [0.29, 0.717) is 6.61 Å². The van der Waals surface area contributed by atoms with Crippen LogP contribution < -0.4 is 5.32 Å². The molecule has 0 aromatic carbocycles. The SMILES string of the molecule is CCNc1nc(COC(C)(C)C)nc2sc(C)c(C)c12. The molecule has 20 heavy (non-hydrogen) atoms. The molecule has 4 nitrogen and oxygen atoms in total. The highest BCUT2D eigenvalue weighted by Gasteiger charge is 2.16. The van der Waals surface area contributed by atoms with Gasteiger partial charge in [0, 0.05) is 11.4 Å². The van der Waals surface area contributed by atoms with Crippen molar-refractivity contribution in [2.24, 2.45) is 0 Å². The van der Waals surface area contributed by atoms with Crippen molar-refractivity contribution in [3.8, 4) is 0 Å². The fourth-order valence-corrected chi connectivity index (χ4v) is 2.98. The zero-order valence-electron chi connectivity index (χ0n) is 13.1. The van der Waals surface area contributed by atoms with Crippen LogP contribution in [-0.4, -0.2) is 22.1 Å². The van der Waals surface area contributed by atoms with Crippen molar-refractivity contribution in [1.82, 2.24) is 9.97 Å². The van der Waals surface area contributed by atoms with Gasteiger partial charge in [-0.2, -0.15) is 0 Å². The fraction of sp³-hybridized carbons (Fsp3) is 0.600. The second-order valence-electron chi connectivity index (χ2n) is 5.88. The van der Waals surface area contributed by atoms with Gasteiger partial charge in [-0.15, -0.1) is 11.3 Å². The maximum absolute atomic E-state index is 5.79. The molecular formula is C15H23N3OS. The lowest BCUT2D eigenvalue weighted by Crippen LogP contribution is -2.19. The Morgan fingerprint density at radius 1 is 1.20 bits per heavy atom. The molecule has 0 bridgehead atoms. The topological polar surface area (TPSA) is 47.0 Å². The Morgan fingerprint density at radius 3 is 2.50 bits per heavy atom. The van der Waals surface area contributed by atoms with Gasteiger partial charge in [0.1, 0.15) is 17.3 Å². The minimum absolute atomic E-state index is 0.183. The first-order chi connectivity index (χ1) is 9.31. The van der Waals surface area contributed by atoms with Crippen LogP contribution in [0, 0.1) is 13.8 Å². The number of fused-ring (bicyclic) bond motifs is 1. The number of nitrogens with one attached hydrogen (secondary N) is 1. The zero-order valence-corrected chi connectivity index (χ0v) is 13.9. The smallest absolute Gasteiger partial charge is 0.158 e. The summed E-state index contributed by atoms with van der Waals surface area (Å²) in [6.07, 6.45) is 0. The minimum atomic E-state index is -0.183. The molecule has 0 unspecified atom stereocenters. The predicted molar refractivity (Wildman–Crippen MR) is 85.6 cm³/mol. The second-order valence-corrected chi connectivity index (χ2v) is 7.09. The molecule has 0 atom stereocenters. The van der Waals surface area contributed by atoms with Gasteiger partial charge in [-0.25, -0.2) is 9.97 Å². The van der Waals surface area contributed by atoms with Gasteiger partial charge in [0.25, 0.3) is 0 Å². The Labute approximate surface area is 124 Å². The van der Waals surface area contributed by atoms with E-state index < -0.39 is 0 Å². The van der Waals surface area contributed by atoms with Crippen molar-refractivity contribution in [3.63, 3.8) is 0 Å². The summed E-state index contributed by atoms with van der Waals surface area (Å²) in [5.74, 6) is 1.66. The van der Waals surface area contributed by atoms with Gasteiger partial charge in [-0.1, -0.05) is 0 Å². The van der Waals surface area contributed by atoms with E-state index in [4.69, 9.17) is 4.74 Å². The normalized spacial score (nSPS) is 12.1. The Kier molecular flexibility index (Phi) is 4.30. The van der Waals surface area contributed by atoms with Crippen LogP contribution in [0.4, 0.5) is 5.82 Å². The summed E-state index contributed by atoms with van der Waals surface area (Å²) >= 11 is 1.72. The van der Waals surface area contributed by atoms with Gasteiger partial charge in [-0.05, 0) is 47.1 Å². The van der Waals surface area contributed by atoms with Crippen molar-refractivity contribution in [2.45, 2.75) is 53.8 Å². The van der Waals surface area contributed by atoms with Crippen molar-refractivity contribution in [2.75, 3.05) is 11.9 Å². The van der Waals surface area contributed by atoms with Crippen LogP contribution in [0.3, 0.4) is 0 Å². The van der Waals surface area contributed by atoms with Crippen LogP contribution in [0.15, 0.2) is 0 Å². The van der Waals surface area contributed by atoms with Crippen LogP contribution in [0.25, 0.3) is 10.2 Å². The number of ether oxygens (including phenoxy) is 1. The van der Waals surface area contributed by atoms with Gasteiger partial charge >= 0.3 is 0 Å². The number of anilines is 1. The summed E-state index contributed by atoms with van der Waals surface area (Å²) in [6, 6.07) is 0. The molecule has 110 valence electrons. The molecule has 5 heteroatoms. The average molecular weight is 293 g/mol. The molecule has 0 saturated carbocycles. The van der Waals surface area contributed by atoms with Crippen molar-refractivity contribution in [1.29, 1.82) is 0 Å². The first-order valence-corrected chi connectivity index (χ1v) is 7.78. The molecule has 0 spiro atoms. The lowest BCUT2D eigenvalue weighted by molar-refractivity contribution is -0.0179.